The summed E-state index contributed by atoms with van der Waals surface area (Å²) in [5.74, 6) is -0.528. The van der Waals surface area contributed by atoms with Crippen molar-refractivity contribution in [3.8, 4) is 0 Å². The predicted molar refractivity (Wildman–Crippen MR) is 102 cm³/mol. The second-order valence-corrected chi connectivity index (χ2v) is 7.37. The molecule has 0 radical (unpaired) electrons. The summed E-state index contributed by atoms with van der Waals surface area (Å²) in [6.07, 6.45) is -4.56. The number of nitrogens with one attached hydrogen (secondary N) is 2. The Morgan fingerprint density at radius 2 is 2.03 bits per heavy atom. The largest absolute Gasteiger partial charge is 0.450 e. The van der Waals surface area contributed by atoms with E-state index in [4.69, 9.17) is 4.74 Å². The number of hydrogen-bond acceptors (Lipinski definition) is 6. The minimum atomic E-state index is -4.55. The average molecular weight is 428 g/mol. The van der Waals surface area contributed by atoms with Gasteiger partial charge in [0.05, 0.1) is 30.1 Å². The fourth-order valence-electron chi connectivity index (χ4n) is 2.92. The number of rotatable bonds is 5. The van der Waals surface area contributed by atoms with Gasteiger partial charge in [-0.2, -0.15) is 13.2 Å². The van der Waals surface area contributed by atoms with Crippen LogP contribution in [0.2, 0.25) is 0 Å². The summed E-state index contributed by atoms with van der Waals surface area (Å²) in [5.41, 5.74) is -0.311. The zero-order chi connectivity index (χ0) is 21.0. The lowest BCUT2D eigenvalue weighted by molar-refractivity contribution is -0.137. The van der Waals surface area contributed by atoms with Crippen molar-refractivity contribution in [2.24, 2.45) is 0 Å². The van der Waals surface area contributed by atoms with Gasteiger partial charge >= 0.3 is 12.3 Å². The van der Waals surface area contributed by atoms with Crippen molar-refractivity contribution >= 4 is 34.2 Å². The van der Waals surface area contributed by atoms with Gasteiger partial charge in [0, 0.05) is 24.4 Å². The number of carbonyl (C=O) groups is 2. The zero-order valence-electron chi connectivity index (χ0n) is 15.5. The summed E-state index contributed by atoms with van der Waals surface area (Å²) >= 11 is 1.28. The number of alkyl halides is 3. The van der Waals surface area contributed by atoms with E-state index in [0.717, 1.165) is 16.6 Å². The molecule has 0 unspecified atom stereocenters. The van der Waals surface area contributed by atoms with Gasteiger partial charge in [-0.3, -0.25) is 15.0 Å². The maximum atomic E-state index is 13.1. The highest BCUT2D eigenvalue weighted by Gasteiger charge is 2.33. The third kappa shape index (κ3) is 5.45. The van der Waals surface area contributed by atoms with E-state index in [9.17, 15) is 22.8 Å². The van der Waals surface area contributed by atoms with Gasteiger partial charge in [0.25, 0.3) is 0 Å². The second kappa shape index (κ2) is 8.78. The molecule has 1 aliphatic heterocycles. The van der Waals surface area contributed by atoms with Crippen molar-refractivity contribution in [2.75, 3.05) is 30.3 Å². The Morgan fingerprint density at radius 3 is 2.76 bits per heavy atom. The Morgan fingerprint density at radius 1 is 1.28 bits per heavy atom. The summed E-state index contributed by atoms with van der Waals surface area (Å²) in [4.78, 5) is 30.8. The van der Waals surface area contributed by atoms with Crippen LogP contribution in [0.4, 0.5) is 28.8 Å². The molecular weight excluding hydrogens is 409 g/mol. The smallest absolute Gasteiger partial charge is 0.418 e. The van der Waals surface area contributed by atoms with Crippen molar-refractivity contribution in [3.05, 3.63) is 40.4 Å². The van der Waals surface area contributed by atoms with Crippen LogP contribution < -0.4 is 10.6 Å². The number of fused-ring (bicyclic) bond motifs is 1. The van der Waals surface area contributed by atoms with E-state index in [0.29, 0.717) is 24.6 Å². The van der Waals surface area contributed by atoms with Crippen molar-refractivity contribution in [1.82, 2.24) is 9.88 Å². The Labute approximate surface area is 168 Å². The number of halogens is 3. The molecule has 0 spiro atoms. The molecule has 0 aliphatic carbocycles. The lowest BCUT2D eigenvalue weighted by Gasteiger charge is -2.25. The molecule has 0 bridgehead atoms. The van der Waals surface area contributed by atoms with E-state index in [-0.39, 0.29) is 18.8 Å². The number of aromatic nitrogens is 1. The highest BCUT2D eigenvalue weighted by Crippen LogP contribution is 2.34. The fraction of sp³-hybridized carbons (Fsp3) is 0.389. The third-order valence-corrected chi connectivity index (χ3v) is 5.17. The molecule has 0 atom stereocenters. The molecule has 0 fully saturated rings. The molecule has 29 heavy (non-hydrogen) atoms. The van der Waals surface area contributed by atoms with Crippen LogP contribution in [-0.2, 0) is 28.7 Å². The average Bonchev–Trinajstić information content (AvgIpc) is 3.02. The minimum absolute atomic E-state index is 0.0514. The highest BCUT2D eigenvalue weighted by atomic mass is 32.1. The Balaban J connectivity index is 1.60. The maximum absolute atomic E-state index is 13.1. The van der Waals surface area contributed by atoms with Gasteiger partial charge in [0.2, 0.25) is 5.91 Å². The summed E-state index contributed by atoms with van der Waals surface area (Å²) in [7, 11) is 0. The molecule has 0 saturated carbocycles. The minimum Gasteiger partial charge on any atom is -0.450 e. The van der Waals surface area contributed by atoms with Gasteiger partial charge in [0.1, 0.15) is 0 Å². The van der Waals surface area contributed by atoms with E-state index in [1.807, 2.05) is 4.90 Å². The quantitative estimate of drug-likeness (QED) is 0.758. The summed E-state index contributed by atoms with van der Waals surface area (Å²) in [6, 6.07) is 4.87. The van der Waals surface area contributed by atoms with Gasteiger partial charge in [0.15, 0.2) is 5.13 Å². The van der Waals surface area contributed by atoms with Crippen molar-refractivity contribution in [1.29, 1.82) is 0 Å². The van der Waals surface area contributed by atoms with E-state index in [2.05, 4.69) is 15.6 Å². The number of ether oxygens (including phenoxy) is 1. The molecule has 7 nitrogen and oxygen atoms in total. The first kappa shape index (κ1) is 21.1. The normalized spacial score (nSPS) is 14.2. The summed E-state index contributed by atoms with van der Waals surface area (Å²) in [5, 5.41) is 5.31. The number of thiazole rings is 1. The third-order valence-electron chi connectivity index (χ3n) is 4.17. The number of para-hydroxylation sites is 1. The van der Waals surface area contributed by atoms with Crippen LogP contribution in [0.3, 0.4) is 0 Å². The number of hydrogen-bond donors (Lipinski definition) is 2. The van der Waals surface area contributed by atoms with Crippen LogP contribution in [0.1, 0.15) is 23.1 Å². The van der Waals surface area contributed by atoms with Crippen molar-refractivity contribution in [2.45, 2.75) is 26.1 Å². The van der Waals surface area contributed by atoms with E-state index >= 15 is 0 Å². The second-order valence-electron chi connectivity index (χ2n) is 6.29. The van der Waals surface area contributed by atoms with E-state index in [1.165, 1.54) is 29.5 Å². The van der Waals surface area contributed by atoms with E-state index in [1.54, 1.807) is 6.92 Å². The molecule has 1 aliphatic rings. The molecular formula is C18H19F3N4O3S. The standard InChI is InChI=1S/C18H19F3N4O3S/c1-2-28-17(27)24-16-23-13-7-8-25(9-14(13)29-16)10-15(26)22-12-6-4-3-5-11(12)18(19,20)21/h3-6H,2,7-10H2,1H3,(H,22,26)(H,23,24,27). The van der Waals surface area contributed by atoms with Crippen LogP contribution in [0.15, 0.2) is 24.3 Å². The number of nitrogens with zero attached hydrogens (tertiary/aromatic N) is 2. The Bertz CT molecular complexity index is 901. The van der Waals surface area contributed by atoms with E-state index < -0.39 is 23.7 Å². The van der Waals surface area contributed by atoms with Gasteiger partial charge in [-0.25, -0.2) is 9.78 Å². The number of carbonyl (C=O) groups excluding carboxylic acids is 2. The summed E-state index contributed by atoms with van der Waals surface area (Å²) < 4.78 is 44.0. The molecule has 3 rings (SSSR count). The number of anilines is 2. The molecule has 1 aromatic carbocycles. The van der Waals surface area contributed by atoms with Gasteiger partial charge in [-0.05, 0) is 19.1 Å². The van der Waals surface area contributed by atoms with Crippen LogP contribution >= 0.6 is 11.3 Å². The topological polar surface area (TPSA) is 83.6 Å². The maximum Gasteiger partial charge on any atom is 0.418 e. The Kier molecular flexibility index (Phi) is 6.38. The molecule has 2 aromatic rings. The molecule has 156 valence electrons. The predicted octanol–water partition coefficient (Wildman–Crippen LogP) is 3.73. The molecule has 2 heterocycles. The Hall–Kier alpha value is -2.66. The van der Waals surface area contributed by atoms with Crippen LogP contribution in [0.25, 0.3) is 0 Å². The van der Waals surface area contributed by atoms with Gasteiger partial charge in [-0.15, -0.1) is 0 Å². The summed E-state index contributed by atoms with van der Waals surface area (Å²) in [6.45, 7) is 2.85. The monoisotopic (exact) mass is 428 g/mol. The van der Waals surface area contributed by atoms with Crippen molar-refractivity contribution in [3.63, 3.8) is 0 Å². The molecule has 2 amide bonds. The number of benzene rings is 1. The zero-order valence-corrected chi connectivity index (χ0v) is 16.3. The van der Waals surface area contributed by atoms with Crippen LogP contribution in [0.5, 0.6) is 0 Å². The first-order valence-electron chi connectivity index (χ1n) is 8.87. The lowest BCUT2D eigenvalue weighted by atomic mass is 10.1. The lowest BCUT2D eigenvalue weighted by Crippen LogP contribution is -2.37. The van der Waals surface area contributed by atoms with Crippen LogP contribution in [0, 0.1) is 0 Å². The fourth-order valence-corrected chi connectivity index (χ4v) is 3.96. The molecule has 2 N–H and O–H groups in total. The number of amides is 2. The molecule has 11 heteroatoms. The van der Waals surface area contributed by atoms with Gasteiger partial charge < -0.3 is 10.1 Å². The van der Waals surface area contributed by atoms with Crippen LogP contribution in [-0.4, -0.2) is 41.6 Å². The molecule has 1 aromatic heterocycles. The van der Waals surface area contributed by atoms with Crippen molar-refractivity contribution < 1.29 is 27.5 Å². The first-order valence-corrected chi connectivity index (χ1v) is 9.68. The van der Waals surface area contributed by atoms with Gasteiger partial charge in [-0.1, -0.05) is 23.5 Å². The molecule has 0 saturated heterocycles. The first-order chi connectivity index (χ1) is 13.8. The highest BCUT2D eigenvalue weighted by molar-refractivity contribution is 7.15. The SMILES string of the molecule is CCOC(=O)Nc1nc2c(s1)CN(CC(=O)Nc1ccccc1C(F)(F)F)CC2.